The maximum absolute atomic E-state index is 4.23. The highest BCUT2D eigenvalue weighted by molar-refractivity contribution is 5.60. The first kappa shape index (κ1) is 12.7. The second kappa shape index (κ2) is 5.33. The predicted octanol–water partition coefficient (Wildman–Crippen LogP) is 4.47. The number of hydrogen-bond acceptors (Lipinski definition) is 1. The van der Waals surface area contributed by atoms with E-state index in [0.29, 0.717) is 6.04 Å². The van der Waals surface area contributed by atoms with Crippen LogP contribution in [0, 0.1) is 6.92 Å². The molecule has 1 unspecified atom stereocenters. The molecule has 0 N–H and O–H groups in total. The lowest BCUT2D eigenvalue weighted by Crippen LogP contribution is -2.06. The van der Waals surface area contributed by atoms with Gasteiger partial charge in [-0.05, 0) is 43.2 Å². The minimum absolute atomic E-state index is 0.306. The number of aryl methyl sites for hydroxylation is 1. The Kier molecular flexibility index (Phi) is 3.38. The average molecular weight is 262 g/mol. The van der Waals surface area contributed by atoms with Gasteiger partial charge >= 0.3 is 0 Å². The molecule has 2 nitrogen and oxygen atoms in total. The lowest BCUT2D eigenvalue weighted by Gasteiger charge is -2.18. The first-order valence-corrected chi connectivity index (χ1v) is 6.89. The molecule has 0 saturated heterocycles. The molecule has 0 bridgehead atoms. The molecule has 0 radical (unpaired) electrons. The van der Waals surface area contributed by atoms with Gasteiger partial charge in [-0.2, -0.15) is 0 Å². The maximum Gasteiger partial charge on any atom is 0.0557 e. The Morgan fingerprint density at radius 2 is 1.85 bits per heavy atom. The highest BCUT2D eigenvalue weighted by Crippen LogP contribution is 2.28. The highest BCUT2D eigenvalue weighted by Gasteiger charge is 2.13. The molecule has 3 aromatic rings. The number of aromatic nitrogens is 2. The van der Waals surface area contributed by atoms with Crippen LogP contribution in [0.25, 0.3) is 11.3 Å². The van der Waals surface area contributed by atoms with Crippen molar-refractivity contribution in [2.24, 2.45) is 0 Å². The van der Waals surface area contributed by atoms with Crippen LogP contribution in [-0.4, -0.2) is 9.55 Å². The summed E-state index contributed by atoms with van der Waals surface area (Å²) in [6, 6.07) is 17.2. The smallest absolute Gasteiger partial charge is 0.0557 e. The minimum atomic E-state index is 0.306. The molecular weight excluding hydrogens is 244 g/mol. The normalized spacial score (nSPS) is 12.3. The first-order chi connectivity index (χ1) is 9.75. The quantitative estimate of drug-likeness (QED) is 0.681. The highest BCUT2D eigenvalue weighted by atomic mass is 15.0. The fourth-order valence-corrected chi connectivity index (χ4v) is 2.58. The van der Waals surface area contributed by atoms with E-state index in [4.69, 9.17) is 0 Å². The molecule has 0 saturated carbocycles. The number of benzene rings is 1. The minimum Gasteiger partial charge on any atom is -0.340 e. The molecule has 3 rings (SSSR count). The van der Waals surface area contributed by atoms with Crippen LogP contribution in [0.3, 0.4) is 0 Å². The molecule has 0 aliphatic heterocycles. The summed E-state index contributed by atoms with van der Waals surface area (Å²) >= 11 is 0. The van der Waals surface area contributed by atoms with E-state index in [1.165, 1.54) is 16.8 Å². The zero-order chi connectivity index (χ0) is 13.9. The molecule has 2 heterocycles. The van der Waals surface area contributed by atoms with Gasteiger partial charge in [-0.15, -0.1) is 0 Å². The molecule has 0 aliphatic rings. The standard InChI is InChI=1S/C18H18N2/c1-14-11-18(17-9-6-10-19-12-17)20(13-14)15(2)16-7-4-3-5-8-16/h3-13,15H,1-2H3. The molecule has 2 heteroatoms. The van der Waals surface area contributed by atoms with E-state index in [9.17, 15) is 0 Å². The third-order valence-corrected chi connectivity index (χ3v) is 3.64. The zero-order valence-corrected chi connectivity index (χ0v) is 11.8. The van der Waals surface area contributed by atoms with Crippen molar-refractivity contribution in [1.29, 1.82) is 0 Å². The summed E-state index contributed by atoms with van der Waals surface area (Å²) in [4.78, 5) is 4.23. The Labute approximate surface area is 119 Å². The van der Waals surface area contributed by atoms with Crippen LogP contribution in [0.15, 0.2) is 67.1 Å². The van der Waals surface area contributed by atoms with Gasteiger partial charge < -0.3 is 4.57 Å². The van der Waals surface area contributed by atoms with E-state index >= 15 is 0 Å². The molecule has 1 atom stereocenters. The van der Waals surface area contributed by atoms with Gasteiger partial charge in [-0.1, -0.05) is 30.3 Å². The van der Waals surface area contributed by atoms with Crippen LogP contribution >= 0.6 is 0 Å². The Balaban J connectivity index is 2.07. The Morgan fingerprint density at radius 3 is 2.55 bits per heavy atom. The number of nitrogens with zero attached hydrogens (tertiary/aromatic N) is 2. The van der Waals surface area contributed by atoms with Crippen molar-refractivity contribution >= 4 is 0 Å². The maximum atomic E-state index is 4.23. The predicted molar refractivity (Wildman–Crippen MR) is 82.7 cm³/mol. The van der Waals surface area contributed by atoms with Crippen LogP contribution < -0.4 is 0 Å². The van der Waals surface area contributed by atoms with E-state index in [2.05, 4.69) is 72.1 Å². The monoisotopic (exact) mass is 262 g/mol. The van der Waals surface area contributed by atoms with Crippen molar-refractivity contribution in [3.8, 4) is 11.3 Å². The van der Waals surface area contributed by atoms with E-state index in [-0.39, 0.29) is 0 Å². The molecule has 100 valence electrons. The van der Waals surface area contributed by atoms with Gasteiger partial charge in [0, 0.05) is 24.2 Å². The lowest BCUT2D eigenvalue weighted by atomic mass is 10.1. The Hall–Kier alpha value is -2.35. The summed E-state index contributed by atoms with van der Waals surface area (Å²) in [5.41, 5.74) is 4.95. The molecule has 0 aliphatic carbocycles. The second-order valence-corrected chi connectivity index (χ2v) is 5.14. The van der Waals surface area contributed by atoms with Crippen molar-refractivity contribution in [2.75, 3.05) is 0 Å². The van der Waals surface area contributed by atoms with Gasteiger partial charge in [-0.25, -0.2) is 0 Å². The summed E-state index contributed by atoms with van der Waals surface area (Å²) in [6.45, 7) is 4.36. The molecule has 1 aromatic carbocycles. The SMILES string of the molecule is Cc1cc(-c2cccnc2)n(C(C)c2ccccc2)c1. The Bertz CT molecular complexity index is 684. The number of pyridine rings is 1. The third kappa shape index (κ3) is 2.37. The second-order valence-electron chi connectivity index (χ2n) is 5.14. The summed E-state index contributed by atoms with van der Waals surface area (Å²) < 4.78 is 2.32. The van der Waals surface area contributed by atoms with E-state index in [1.807, 2.05) is 18.5 Å². The topological polar surface area (TPSA) is 17.8 Å². The van der Waals surface area contributed by atoms with Crippen molar-refractivity contribution in [2.45, 2.75) is 19.9 Å². The molecule has 0 spiro atoms. The Morgan fingerprint density at radius 1 is 1.05 bits per heavy atom. The van der Waals surface area contributed by atoms with Gasteiger partial charge in [0.05, 0.1) is 11.7 Å². The summed E-state index contributed by atoms with van der Waals surface area (Å²) in [6.07, 6.45) is 5.94. The fraction of sp³-hybridized carbons (Fsp3) is 0.167. The fourth-order valence-electron chi connectivity index (χ4n) is 2.58. The van der Waals surface area contributed by atoms with Crippen LogP contribution in [0.2, 0.25) is 0 Å². The first-order valence-electron chi connectivity index (χ1n) is 6.89. The van der Waals surface area contributed by atoms with Crippen molar-refractivity contribution in [3.05, 3.63) is 78.2 Å². The summed E-state index contributed by atoms with van der Waals surface area (Å²) in [5.74, 6) is 0. The average Bonchev–Trinajstić information content (AvgIpc) is 2.90. The van der Waals surface area contributed by atoms with Crippen molar-refractivity contribution in [3.63, 3.8) is 0 Å². The lowest BCUT2D eigenvalue weighted by molar-refractivity contribution is 0.648. The van der Waals surface area contributed by atoms with E-state index in [0.717, 1.165) is 5.56 Å². The van der Waals surface area contributed by atoms with Gasteiger partial charge in [0.15, 0.2) is 0 Å². The third-order valence-electron chi connectivity index (χ3n) is 3.64. The van der Waals surface area contributed by atoms with E-state index < -0.39 is 0 Å². The van der Waals surface area contributed by atoms with Crippen LogP contribution in [0.1, 0.15) is 24.1 Å². The van der Waals surface area contributed by atoms with Crippen molar-refractivity contribution in [1.82, 2.24) is 9.55 Å². The van der Waals surface area contributed by atoms with Gasteiger partial charge in [0.25, 0.3) is 0 Å². The number of hydrogen-bond donors (Lipinski definition) is 0. The van der Waals surface area contributed by atoms with Crippen LogP contribution in [-0.2, 0) is 0 Å². The van der Waals surface area contributed by atoms with Crippen LogP contribution in [0.5, 0.6) is 0 Å². The molecule has 0 fully saturated rings. The molecule has 20 heavy (non-hydrogen) atoms. The molecule has 0 amide bonds. The van der Waals surface area contributed by atoms with Gasteiger partial charge in [0.1, 0.15) is 0 Å². The van der Waals surface area contributed by atoms with E-state index in [1.54, 1.807) is 0 Å². The van der Waals surface area contributed by atoms with Crippen LogP contribution in [0.4, 0.5) is 0 Å². The van der Waals surface area contributed by atoms with Crippen molar-refractivity contribution < 1.29 is 0 Å². The summed E-state index contributed by atoms with van der Waals surface area (Å²) in [5, 5.41) is 0. The number of rotatable bonds is 3. The largest absolute Gasteiger partial charge is 0.340 e. The van der Waals surface area contributed by atoms with Gasteiger partial charge in [0.2, 0.25) is 0 Å². The zero-order valence-electron chi connectivity index (χ0n) is 11.8. The molecule has 2 aromatic heterocycles. The summed E-state index contributed by atoms with van der Waals surface area (Å²) in [7, 11) is 0. The molecular formula is C18H18N2. The van der Waals surface area contributed by atoms with Gasteiger partial charge in [-0.3, -0.25) is 4.98 Å².